The van der Waals surface area contributed by atoms with Crippen LogP contribution in [0.25, 0.3) is 0 Å². The smallest absolute Gasteiger partial charge is 0.294 e. The van der Waals surface area contributed by atoms with Crippen LogP contribution in [0.4, 0.5) is 5.69 Å². The summed E-state index contributed by atoms with van der Waals surface area (Å²) in [6, 6.07) is 6.51. The highest BCUT2D eigenvalue weighted by molar-refractivity contribution is 6.00. The van der Waals surface area contributed by atoms with Gasteiger partial charge in [0.25, 0.3) is 12.0 Å². The number of hydrogen-bond acceptors (Lipinski definition) is 7. The maximum Gasteiger partial charge on any atom is 0.294 e. The van der Waals surface area contributed by atoms with E-state index < -0.39 is 17.4 Å². The Morgan fingerprint density at radius 1 is 1.39 bits per heavy atom. The minimum Gasteiger partial charge on any atom is -0.451 e. The van der Waals surface area contributed by atoms with Crippen molar-refractivity contribution in [1.29, 1.82) is 0 Å². The standard InChI is InChI=1S/C15H15N3O5/c1-2-23-18-11-5-3-10(4-6-11)14(22-9-19)13(20)12-7-16-8-17-15(12)21/h3-9,14,18H,2H2,1H3,(H,16,17,21). The molecule has 2 aromatic rings. The van der Waals surface area contributed by atoms with Gasteiger partial charge in [-0.05, 0) is 19.1 Å². The number of Topliss-reactive ketones (excluding diaryl/α,β-unsaturated/α-hetero) is 1. The summed E-state index contributed by atoms with van der Waals surface area (Å²) in [5, 5.41) is 0. The molecule has 23 heavy (non-hydrogen) atoms. The Morgan fingerprint density at radius 2 is 2.13 bits per heavy atom. The van der Waals surface area contributed by atoms with Crippen LogP contribution in [0.3, 0.4) is 0 Å². The lowest BCUT2D eigenvalue weighted by atomic mass is 10.0. The number of aromatic nitrogens is 2. The number of anilines is 1. The highest BCUT2D eigenvalue weighted by Gasteiger charge is 2.26. The number of carbonyl (C=O) groups is 2. The monoisotopic (exact) mass is 317 g/mol. The number of hydrogen-bond donors (Lipinski definition) is 2. The number of benzene rings is 1. The van der Waals surface area contributed by atoms with E-state index in [0.29, 0.717) is 17.9 Å². The Bertz CT molecular complexity index is 726. The van der Waals surface area contributed by atoms with Crippen LogP contribution in [-0.4, -0.2) is 28.8 Å². The van der Waals surface area contributed by atoms with Gasteiger partial charge in [0.15, 0.2) is 6.10 Å². The molecule has 0 saturated heterocycles. The van der Waals surface area contributed by atoms with Crippen LogP contribution < -0.4 is 11.0 Å². The lowest BCUT2D eigenvalue weighted by Crippen LogP contribution is -2.24. The summed E-state index contributed by atoms with van der Waals surface area (Å²) >= 11 is 0. The molecule has 120 valence electrons. The molecule has 0 aliphatic heterocycles. The maximum absolute atomic E-state index is 12.4. The van der Waals surface area contributed by atoms with Crippen molar-refractivity contribution in [2.45, 2.75) is 13.0 Å². The van der Waals surface area contributed by atoms with E-state index in [0.717, 1.165) is 6.20 Å². The number of ether oxygens (including phenoxy) is 1. The second-order valence-corrected chi connectivity index (χ2v) is 4.43. The van der Waals surface area contributed by atoms with E-state index in [1.54, 1.807) is 24.3 Å². The average Bonchev–Trinajstić information content (AvgIpc) is 2.58. The first-order chi connectivity index (χ1) is 11.2. The Kier molecular flexibility index (Phi) is 5.59. The van der Waals surface area contributed by atoms with Gasteiger partial charge in [0.05, 0.1) is 18.6 Å². The zero-order valence-corrected chi connectivity index (χ0v) is 12.3. The Labute approximate surface area is 131 Å². The molecule has 1 heterocycles. The number of aromatic amines is 1. The van der Waals surface area contributed by atoms with Crippen LogP contribution in [0.2, 0.25) is 0 Å². The van der Waals surface area contributed by atoms with Crippen molar-refractivity contribution in [2.24, 2.45) is 0 Å². The molecule has 2 N–H and O–H groups in total. The molecule has 0 fully saturated rings. The minimum atomic E-state index is -1.22. The molecule has 0 amide bonds. The topological polar surface area (TPSA) is 110 Å². The third-order valence-electron chi connectivity index (χ3n) is 2.96. The maximum atomic E-state index is 12.4. The molecule has 1 aromatic heterocycles. The van der Waals surface area contributed by atoms with Crippen LogP contribution in [0.15, 0.2) is 41.6 Å². The molecular weight excluding hydrogens is 302 g/mol. The summed E-state index contributed by atoms with van der Waals surface area (Å²) in [7, 11) is 0. The summed E-state index contributed by atoms with van der Waals surface area (Å²) in [6.45, 7) is 2.49. The second-order valence-electron chi connectivity index (χ2n) is 4.43. The molecule has 0 saturated carbocycles. The quantitative estimate of drug-likeness (QED) is 0.428. The van der Waals surface area contributed by atoms with Gasteiger partial charge < -0.3 is 9.72 Å². The molecular formula is C15H15N3O5. The SMILES string of the molecule is CCONc1ccc(C(OC=O)C(=O)c2cnc[nH]c2=O)cc1. The van der Waals surface area contributed by atoms with Crippen molar-refractivity contribution in [3.05, 3.63) is 58.3 Å². The number of H-pyrrole nitrogens is 1. The number of nitrogens with zero attached hydrogens (tertiary/aromatic N) is 1. The predicted molar refractivity (Wildman–Crippen MR) is 80.8 cm³/mol. The Morgan fingerprint density at radius 3 is 2.74 bits per heavy atom. The van der Waals surface area contributed by atoms with E-state index in [1.165, 1.54) is 6.33 Å². The van der Waals surface area contributed by atoms with Crippen LogP contribution in [-0.2, 0) is 14.4 Å². The zero-order valence-electron chi connectivity index (χ0n) is 12.3. The summed E-state index contributed by atoms with van der Waals surface area (Å²) in [5.74, 6) is -0.656. The van der Waals surface area contributed by atoms with Crippen molar-refractivity contribution in [3.63, 3.8) is 0 Å². The van der Waals surface area contributed by atoms with Gasteiger partial charge in [-0.15, -0.1) is 0 Å². The van der Waals surface area contributed by atoms with Crippen molar-refractivity contribution in [1.82, 2.24) is 9.97 Å². The van der Waals surface area contributed by atoms with E-state index in [2.05, 4.69) is 15.4 Å². The fraction of sp³-hybridized carbons (Fsp3) is 0.200. The normalized spacial score (nSPS) is 11.5. The number of ketones is 1. The molecule has 8 nitrogen and oxygen atoms in total. The summed E-state index contributed by atoms with van der Waals surface area (Å²) in [5.41, 5.74) is 3.02. The van der Waals surface area contributed by atoms with Crippen LogP contribution >= 0.6 is 0 Å². The fourth-order valence-corrected chi connectivity index (χ4v) is 1.89. The first-order valence-electron chi connectivity index (χ1n) is 6.81. The average molecular weight is 317 g/mol. The lowest BCUT2D eigenvalue weighted by Gasteiger charge is -2.14. The number of rotatable bonds is 8. The Hall–Kier alpha value is -3.00. The van der Waals surface area contributed by atoms with Crippen molar-refractivity contribution < 1.29 is 19.2 Å². The third kappa shape index (κ3) is 4.01. The second kappa shape index (κ2) is 7.85. The molecule has 0 radical (unpaired) electrons. The van der Waals surface area contributed by atoms with Gasteiger partial charge in [-0.2, -0.15) is 0 Å². The minimum absolute atomic E-state index is 0.166. The van der Waals surface area contributed by atoms with Gasteiger partial charge in [0, 0.05) is 11.8 Å². The van der Waals surface area contributed by atoms with E-state index in [9.17, 15) is 14.4 Å². The Balaban J connectivity index is 2.27. The van der Waals surface area contributed by atoms with E-state index >= 15 is 0 Å². The van der Waals surface area contributed by atoms with Crippen LogP contribution in [0.5, 0.6) is 0 Å². The van der Waals surface area contributed by atoms with Gasteiger partial charge in [0.1, 0.15) is 5.56 Å². The molecule has 0 aliphatic rings. The first kappa shape index (κ1) is 16.4. The predicted octanol–water partition coefficient (Wildman–Crippen LogP) is 1.23. The van der Waals surface area contributed by atoms with E-state index in [-0.39, 0.29) is 12.0 Å². The van der Waals surface area contributed by atoms with Gasteiger partial charge in [-0.1, -0.05) is 12.1 Å². The highest BCUT2D eigenvalue weighted by Crippen LogP contribution is 2.22. The first-order valence-corrected chi connectivity index (χ1v) is 6.81. The van der Waals surface area contributed by atoms with Crippen LogP contribution in [0, 0.1) is 0 Å². The molecule has 0 bridgehead atoms. The molecule has 1 aromatic carbocycles. The van der Waals surface area contributed by atoms with Crippen LogP contribution in [0.1, 0.15) is 28.9 Å². The molecule has 0 aliphatic carbocycles. The van der Waals surface area contributed by atoms with Gasteiger partial charge in [-0.25, -0.2) is 4.98 Å². The molecule has 1 unspecified atom stereocenters. The van der Waals surface area contributed by atoms with Crippen molar-refractivity contribution >= 4 is 17.9 Å². The highest BCUT2D eigenvalue weighted by atomic mass is 16.6. The summed E-state index contributed by atoms with van der Waals surface area (Å²) in [6.07, 6.45) is 1.08. The van der Waals surface area contributed by atoms with Gasteiger partial charge in [0.2, 0.25) is 5.78 Å². The molecule has 2 rings (SSSR count). The lowest BCUT2D eigenvalue weighted by molar-refractivity contribution is -0.132. The third-order valence-corrected chi connectivity index (χ3v) is 2.96. The summed E-state index contributed by atoms with van der Waals surface area (Å²) in [4.78, 5) is 45.9. The van der Waals surface area contributed by atoms with E-state index in [1.807, 2.05) is 6.92 Å². The van der Waals surface area contributed by atoms with Crippen molar-refractivity contribution in [2.75, 3.05) is 12.1 Å². The molecule has 0 spiro atoms. The van der Waals surface area contributed by atoms with Gasteiger partial charge >= 0.3 is 0 Å². The van der Waals surface area contributed by atoms with Gasteiger partial charge in [-0.3, -0.25) is 24.7 Å². The van der Waals surface area contributed by atoms with E-state index in [4.69, 9.17) is 9.57 Å². The van der Waals surface area contributed by atoms with Crippen molar-refractivity contribution in [3.8, 4) is 0 Å². The molecule has 8 heteroatoms. The molecule has 1 atom stereocenters. The number of nitrogens with one attached hydrogen (secondary N) is 2. The fourth-order valence-electron chi connectivity index (χ4n) is 1.89. The number of carbonyl (C=O) groups excluding carboxylic acids is 2. The largest absolute Gasteiger partial charge is 0.451 e. The summed E-state index contributed by atoms with van der Waals surface area (Å²) < 4.78 is 4.86. The zero-order chi connectivity index (χ0) is 16.7.